The summed E-state index contributed by atoms with van der Waals surface area (Å²) < 4.78 is 5.74. The van der Waals surface area contributed by atoms with E-state index in [0.717, 1.165) is 32.4 Å². The van der Waals surface area contributed by atoms with Crippen LogP contribution in [-0.4, -0.2) is 48.2 Å². The number of imidazole rings is 1. The van der Waals surface area contributed by atoms with Gasteiger partial charge >= 0.3 is 0 Å². The molecule has 1 aromatic heterocycles. The van der Waals surface area contributed by atoms with Crippen LogP contribution < -0.4 is 10.6 Å². The van der Waals surface area contributed by atoms with Gasteiger partial charge in [-0.3, -0.25) is 4.79 Å². The van der Waals surface area contributed by atoms with Crippen molar-refractivity contribution in [2.75, 3.05) is 26.2 Å². The van der Waals surface area contributed by atoms with E-state index in [2.05, 4.69) is 20.6 Å². The van der Waals surface area contributed by atoms with Crippen molar-refractivity contribution in [3.8, 4) is 0 Å². The molecule has 1 saturated heterocycles. The van der Waals surface area contributed by atoms with Crippen molar-refractivity contribution >= 4 is 5.91 Å². The summed E-state index contributed by atoms with van der Waals surface area (Å²) in [5, 5.41) is 6.12. The second-order valence-corrected chi connectivity index (χ2v) is 4.39. The molecular weight excluding hydrogens is 232 g/mol. The number of H-pyrrole nitrogens is 1. The van der Waals surface area contributed by atoms with Crippen LogP contribution in [0.2, 0.25) is 0 Å². The Morgan fingerprint density at radius 3 is 3.06 bits per heavy atom. The summed E-state index contributed by atoms with van der Waals surface area (Å²) in [6.07, 6.45) is 6.40. The molecule has 2 heterocycles. The zero-order valence-corrected chi connectivity index (χ0v) is 10.4. The number of ether oxygens (including phenoxy) is 1. The number of aromatic nitrogens is 2. The van der Waals surface area contributed by atoms with Crippen LogP contribution in [-0.2, 0) is 4.74 Å². The van der Waals surface area contributed by atoms with Gasteiger partial charge in [-0.25, -0.2) is 4.98 Å². The number of nitrogens with zero attached hydrogens (tertiary/aromatic N) is 1. The second-order valence-electron chi connectivity index (χ2n) is 4.39. The van der Waals surface area contributed by atoms with Crippen LogP contribution in [0.1, 0.15) is 29.8 Å². The summed E-state index contributed by atoms with van der Waals surface area (Å²) in [5.41, 5.74) is 0.495. The summed E-state index contributed by atoms with van der Waals surface area (Å²) in [6, 6.07) is 0. The number of piperidine rings is 1. The number of hydrogen-bond donors (Lipinski definition) is 3. The monoisotopic (exact) mass is 252 g/mol. The highest BCUT2D eigenvalue weighted by molar-refractivity contribution is 5.91. The highest BCUT2D eigenvalue weighted by Gasteiger charge is 2.12. The second kappa shape index (κ2) is 7.13. The minimum atomic E-state index is -0.116. The molecule has 0 atom stereocenters. The van der Waals surface area contributed by atoms with E-state index in [1.54, 1.807) is 0 Å². The zero-order valence-electron chi connectivity index (χ0n) is 10.4. The zero-order chi connectivity index (χ0) is 12.6. The number of carbonyl (C=O) groups excluding carboxylic acids is 1. The number of carbonyl (C=O) groups is 1. The molecule has 0 saturated carbocycles. The third-order valence-electron chi connectivity index (χ3n) is 2.99. The predicted octanol–water partition coefficient (Wildman–Crippen LogP) is 0.298. The van der Waals surface area contributed by atoms with Crippen LogP contribution in [0.5, 0.6) is 0 Å². The molecule has 0 aliphatic carbocycles. The van der Waals surface area contributed by atoms with E-state index < -0.39 is 0 Å². The van der Waals surface area contributed by atoms with Crippen LogP contribution in [0.3, 0.4) is 0 Å². The van der Waals surface area contributed by atoms with Gasteiger partial charge in [0.25, 0.3) is 5.91 Å². The fourth-order valence-electron chi connectivity index (χ4n) is 1.96. The van der Waals surface area contributed by atoms with Gasteiger partial charge in [0.2, 0.25) is 0 Å². The molecule has 2 rings (SSSR count). The molecule has 18 heavy (non-hydrogen) atoms. The lowest BCUT2D eigenvalue weighted by atomic mass is 10.1. The van der Waals surface area contributed by atoms with Crippen LogP contribution in [0.4, 0.5) is 0 Å². The lowest BCUT2D eigenvalue weighted by Gasteiger charge is -2.22. The van der Waals surface area contributed by atoms with E-state index in [4.69, 9.17) is 4.74 Å². The third-order valence-corrected chi connectivity index (χ3v) is 2.99. The van der Waals surface area contributed by atoms with Crippen molar-refractivity contribution in [3.05, 3.63) is 18.2 Å². The van der Waals surface area contributed by atoms with E-state index in [9.17, 15) is 4.79 Å². The first kappa shape index (κ1) is 13.0. The number of hydrogen-bond acceptors (Lipinski definition) is 4. The average Bonchev–Trinajstić information content (AvgIpc) is 2.93. The van der Waals surface area contributed by atoms with Crippen molar-refractivity contribution in [1.29, 1.82) is 0 Å². The molecule has 0 unspecified atom stereocenters. The summed E-state index contributed by atoms with van der Waals surface area (Å²) in [7, 11) is 0. The standard InChI is InChI=1S/C12H20N4O2/c17-12(11-8-14-9-16-11)15-4-1-7-18-10-2-5-13-6-3-10/h8-10,13H,1-7H2,(H,14,16)(H,15,17). The Hall–Kier alpha value is -1.40. The summed E-state index contributed by atoms with van der Waals surface area (Å²) >= 11 is 0. The van der Waals surface area contributed by atoms with Crippen molar-refractivity contribution < 1.29 is 9.53 Å². The van der Waals surface area contributed by atoms with Gasteiger partial charge in [0, 0.05) is 13.2 Å². The molecular formula is C12H20N4O2. The lowest BCUT2D eigenvalue weighted by molar-refractivity contribution is 0.0317. The van der Waals surface area contributed by atoms with E-state index in [-0.39, 0.29) is 5.91 Å². The molecule has 0 aromatic carbocycles. The molecule has 1 aliphatic rings. The highest BCUT2D eigenvalue weighted by atomic mass is 16.5. The molecule has 0 radical (unpaired) electrons. The maximum Gasteiger partial charge on any atom is 0.269 e. The molecule has 0 spiro atoms. The molecule has 6 nitrogen and oxygen atoms in total. The first-order valence-corrected chi connectivity index (χ1v) is 6.45. The average molecular weight is 252 g/mol. The number of aromatic amines is 1. The number of amides is 1. The molecule has 1 amide bonds. The largest absolute Gasteiger partial charge is 0.378 e. The lowest BCUT2D eigenvalue weighted by Crippen LogP contribution is -2.33. The molecule has 1 aromatic rings. The topological polar surface area (TPSA) is 79.0 Å². The van der Waals surface area contributed by atoms with Crippen molar-refractivity contribution in [2.24, 2.45) is 0 Å². The minimum Gasteiger partial charge on any atom is -0.378 e. The summed E-state index contributed by atoms with van der Waals surface area (Å²) in [4.78, 5) is 18.1. The van der Waals surface area contributed by atoms with Gasteiger partial charge in [-0.2, -0.15) is 0 Å². The van der Waals surface area contributed by atoms with E-state index >= 15 is 0 Å². The van der Waals surface area contributed by atoms with Crippen molar-refractivity contribution in [3.63, 3.8) is 0 Å². The first-order chi connectivity index (χ1) is 8.86. The highest BCUT2D eigenvalue weighted by Crippen LogP contribution is 2.07. The quantitative estimate of drug-likeness (QED) is 0.636. The van der Waals surface area contributed by atoms with Gasteiger partial charge in [-0.15, -0.1) is 0 Å². The van der Waals surface area contributed by atoms with Crippen LogP contribution in [0, 0.1) is 0 Å². The Kier molecular flexibility index (Phi) is 5.16. The van der Waals surface area contributed by atoms with Gasteiger partial charge in [0.1, 0.15) is 5.69 Å². The minimum absolute atomic E-state index is 0.116. The van der Waals surface area contributed by atoms with Gasteiger partial charge in [-0.1, -0.05) is 0 Å². The summed E-state index contributed by atoms with van der Waals surface area (Å²) in [6.45, 7) is 3.42. The fraction of sp³-hybridized carbons (Fsp3) is 0.667. The molecule has 100 valence electrons. The maximum atomic E-state index is 11.5. The molecule has 0 bridgehead atoms. The Bertz CT molecular complexity index is 347. The van der Waals surface area contributed by atoms with E-state index in [1.165, 1.54) is 12.5 Å². The van der Waals surface area contributed by atoms with Gasteiger partial charge < -0.3 is 20.4 Å². The van der Waals surface area contributed by atoms with Crippen LogP contribution in [0.25, 0.3) is 0 Å². The SMILES string of the molecule is O=C(NCCCOC1CCNCC1)c1cnc[nH]1. The molecule has 1 fully saturated rings. The van der Waals surface area contributed by atoms with Gasteiger partial charge in [0.05, 0.1) is 18.6 Å². The molecule has 1 aliphatic heterocycles. The Morgan fingerprint density at radius 2 is 2.33 bits per heavy atom. The smallest absolute Gasteiger partial charge is 0.269 e. The Morgan fingerprint density at radius 1 is 1.50 bits per heavy atom. The first-order valence-electron chi connectivity index (χ1n) is 6.45. The van der Waals surface area contributed by atoms with Crippen LogP contribution in [0.15, 0.2) is 12.5 Å². The van der Waals surface area contributed by atoms with E-state index in [1.807, 2.05) is 0 Å². The predicted molar refractivity (Wildman–Crippen MR) is 67.4 cm³/mol. The van der Waals surface area contributed by atoms with E-state index in [0.29, 0.717) is 24.9 Å². The Labute approximate surface area is 107 Å². The van der Waals surface area contributed by atoms with Gasteiger partial charge in [-0.05, 0) is 32.4 Å². The van der Waals surface area contributed by atoms with Crippen molar-refractivity contribution in [1.82, 2.24) is 20.6 Å². The normalized spacial score (nSPS) is 16.7. The maximum absolute atomic E-state index is 11.5. The third kappa shape index (κ3) is 4.12. The number of rotatable bonds is 6. The number of nitrogens with one attached hydrogen (secondary N) is 3. The van der Waals surface area contributed by atoms with Gasteiger partial charge in [0.15, 0.2) is 0 Å². The Balaban J connectivity index is 1.52. The van der Waals surface area contributed by atoms with Crippen LogP contribution >= 0.6 is 0 Å². The van der Waals surface area contributed by atoms with Crippen molar-refractivity contribution in [2.45, 2.75) is 25.4 Å². The molecule has 3 N–H and O–H groups in total. The summed E-state index contributed by atoms with van der Waals surface area (Å²) in [5.74, 6) is -0.116. The molecule has 6 heteroatoms. The fourth-order valence-corrected chi connectivity index (χ4v) is 1.96.